The van der Waals surface area contributed by atoms with Gasteiger partial charge in [-0.25, -0.2) is 4.98 Å². The second kappa shape index (κ2) is 6.31. The number of aromatic nitrogens is 1. The number of thioether (sulfide) groups is 1. The molecule has 1 atom stereocenters. The van der Waals surface area contributed by atoms with Crippen LogP contribution in [0.2, 0.25) is 0 Å². The molecule has 110 valence electrons. The highest BCUT2D eigenvalue weighted by atomic mass is 32.2. The highest BCUT2D eigenvalue weighted by molar-refractivity contribution is 7.99. The van der Waals surface area contributed by atoms with Crippen LogP contribution in [0.25, 0.3) is 11.5 Å². The first kappa shape index (κ1) is 14.2. The van der Waals surface area contributed by atoms with Crippen LogP contribution in [0.3, 0.4) is 0 Å². The first-order valence-corrected chi connectivity index (χ1v) is 8.43. The molecular weight excluding hydrogens is 310 g/mol. The maximum Gasteiger partial charge on any atom is 0.249 e. The average Bonchev–Trinajstić information content (AvgIpc) is 3.08. The van der Waals surface area contributed by atoms with Crippen LogP contribution in [0, 0.1) is 0 Å². The van der Waals surface area contributed by atoms with Crippen molar-refractivity contribution in [1.82, 2.24) is 10.3 Å². The Labute approximate surface area is 129 Å². The molecule has 0 aliphatic carbocycles. The molecule has 2 N–H and O–H groups in total. The van der Waals surface area contributed by atoms with E-state index in [0.29, 0.717) is 28.8 Å². The van der Waals surface area contributed by atoms with Crippen molar-refractivity contribution in [3.8, 4) is 11.5 Å². The molecule has 0 radical (unpaired) electrons. The van der Waals surface area contributed by atoms with Gasteiger partial charge in [0.05, 0.1) is 6.26 Å². The molecule has 1 saturated heterocycles. The van der Waals surface area contributed by atoms with Gasteiger partial charge in [0.25, 0.3) is 0 Å². The van der Waals surface area contributed by atoms with E-state index >= 15 is 0 Å². The standard InChI is InChI=1S/C13H13N3O3S2/c17-11-3-5-20-6-9(14-11)12(18)16-13-15-8(7-21-13)10-2-1-4-19-10/h1-2,4,7,9H,3,5-6H2,(H,14,17)(H,15,16,18)/t9-/m0/s1. The van der Waals surface area contributed by atoms with Gasteiger partial charge in [-0.05, 0) is 12.1 Å². The topological polar surface area (TPSA) is 84.2 Å². The number of hydrogen-bond acceptors (Lipinski definition) is 6. The maximum absolute atomic E-state index is 12.2. The lowest BCUT2D eigenvalue weighted by molar-refractivity contribution is -0.125. The molecule has 0 spiro atoms. The Balaban J connectivity index is 1.66. The van der Waals surface area contributed by atoms with E-state index in [2.05, 4.69) is 15.6 Å². The summed E-state index contributed by atoms with van der Waals surface area (Å²) < 4.78 is 5.26. The summed E-state index contributed by atoms with van der Waals surface area (Å²) in [4.78, 5) is 27.9. The van der Waals surface area contributed by atoms with E-state index in [1.807, 2.05) is 11.4 Å². The number of hydrogen-bond donors (Lipinski definition) is 2. The van der Waals surface area contributed by atoms with Crippen LogP contribution < -0.4 is 10.6 Å². The monoisotopic (exact) mass is 323 g/mol. The number of carbonyl (C=O) groups excluding carboxylic acids is 2. The molecular formula is C13H13N3O3S2. The summed E-state index contributed by atoms with van der Waals surface area (Å²) >= 11 is 2.92. The van der Waals surface area contributed by atoms with Crippen molar-refractivity contribution in [2.45, 2.75) is 12.5 Å². The van der Waals surface area contributed by atoms with Gasteiger partial charge >= 0.3 is 0 Å². The molecule has 2 amide bonds. The van der Waals surface area contributed by atoms with E-state index in [9.17, 15) is 9.59 Å². The number of nitrogens with zero attached hydrogens (tertiary/aromatic N) is 1. The lowest BCUT2D eigenvalue weighted by atomic mass is 10.3. The minimum absolute atomic E-state index is 0.0874. The Kier molecular flexibility index (Phi) is 4.26. The molecule has 1 aliphatic rings. The summed E-state index contributed by atoms with van der Waals surface area (Å²) in [6.07, 6.45) is 2.03. The minimum Gasteiger partial charge on any atom is -0.463 e. The van der Waals surface area contributed by atoms with Crippen molar-refractivity contribution in [2.24, 2.45) is 0 Å². The third-order valence-electron chi connectivity index (χ3n) is 2.92. The first-order valence-electron chi connectivity index (χ1n) is 6.40. The number of thiazole rings is 1. The Morgan fingerprint density at radius 3 is 3.24 bits per heavy atom. The molecule has 3 rings (SSSR count). The molecule has 0 aromatic carbocycles. The Bertz CT molecular complexity index is 639. The normalized spacial score (nSPS) is 18.9. The number of nitrogens with one attached hydrogen (secondary N) is 2. The number of carbonyl (C=O) groups is 2. The maximum atomic E-state index is 12.2. The fourth-order valence-electron chi connectivity index (χ4n) is 1.88. The predicted molar refractivity (Wildman–Crippen MR) is 82.3 cm³/mol. The third-order valence-corrected chi connectivity index (χ3v) is 4.74. The number of furan rings is 1. The van der Waals surface area contributed by atoms with Crippen LogP contribution in [-0.2, 0) is 9.59 Å². The molecule has 1 fully saturated rings. The molecule has 2 aromatic rings. The smallest absolute Gasteiger partial charge is 0.249 e. The van der Waals surface area contributed by atoms with Crippen LogP contribution in [0.1, 0.15) is 6.42 Å². The molecule has 0 unspecified atom stereocenters. The van der Waals surface area contributed by atoms with E-state index in [1.165, 1.54) is 11.3 Å². The van der Waals surface area contributed by atoms with Gasteiger partial charge in [0, 0.05) is 23.3 Å². The largest absolute Gasteiger partial charge is 0.463 e. The quantitative estimate of drug-likeness (QED) is 0.902. The van der Waals surface area contributed by atoms with Crippen molar-refractivity contribution in [2.75, 3.05) is 16.8 Å². The summed E-state index contributed by atoms with van der Waals surface area (Å²) in [6, 6.07) is 3.08. The van der Waals surface area contributed by atoms with E-state index in [1.54, 1.807) is 24.1 Å². The highest BCUT2D eigenvalue weighted by Crippen LogP contribution is 2.25. The van der Waals surface area contributed by atoms with Crippen molar-refractivity contribution < 1.29 is 14.0 Å². The van der Waals surface area contributed by atoms with E-state index < -0.39 is 6.04 Å². The molecule has 2 aromatic heterocycles. The van der Waals surface area contributed by atoms with E-state index in [-0.39, 0.29) is 11.8 Å². The fraction of sp³-hybridized carbons (Fsp3) is 0.308. The summed E-state index contributed by atoms with van der Waals surface area (Å²) in [5.74, 6) is 1.66. The van der Waals surface area contributed by atoms with Crippen LogP contribution in [0.4, 0.5) is 5.13 Å². The van der Waals surface area contributed by atoms with Crippen LogP contribution in [0.5, 0.6) is 0 Å². The van der Waals surface area contributed by atoms with Gasteiger partial charge in [-0.1, -0.05) is 0 Å². The zero-order chi connectivity index (χ0) is 14.7. The SMILES string of the molecule is O=C1CCSC[C@@H](C(=O)Nc2nc(-c3ccco3)cs2)N1. The van der Waals surface area contributed by atoms with Crippen molar-refractivity contribution in [1.29, 1.82) is 0 Å². The third kappa shape index (κ3) is 3.45. The fourth-order valence-corrected chi connectivity index (χ4v) is 3.55. The number of rotatable bonds is 3. The molecule has 3 heterocycles. The average molecular weight is 323 g/mol. The van der Waals surface area contributed by atoms with Gasteiger partial charge in [0.2, 0.25) is 11.8 Å². The second-order valence-electron chi connectivity index (χ2n) is 4.45. The molecule has 1 aliphatic heterocycles. The van der Waals surface area contributed by atoms with E-state index in [0.717, 1.165) is 5.75 Å². The molecule has 0 saturated carbocycles. The Morgan fingerprint density at radius 1 is 1.52 bits per heavy atom. The van der Waals surface area contributed by atoms with Gasteiger partial charge in [0.1, 0.15) is 11.7 Å². The Morgan fingerprint density at radius 2 is 2.43 bits per heavy atom. The second-order valence-corrected chi connectivity index (χ2v) is 6.46. The van der Waals surface area contributed by atoms with Gasteiger partial charge < -0.3 is 15.1 Å². The zero-order valence-electron chi connectivity index (χ0n) is 11.0. The van der Waals surface area contributed by atoms with Gasteiger partial charge in [-0.2, -0.15) is 11.8 Å². The molecule has 0 bridgehead atoms. The predicted octanol–water partition coefficient (Wildman–Crippen LogP) is 1.96. The summed E-state index contributed by atoms with van der Waals surface area (Å²) in [6.45, 7) is 0. The van der Waals surface area contributed by atoms with Crippen LogP contribution in [-0.4, -0.2) is 34.3 Å². The summed E-state index contributed by atoms with van der Waals surface area (Å²) in [5, 5.41) is 7.77. The van der Waals surface area contributed by atoms with Gasteiger partial charge in [-0.15, -0.1) is 11.3 Å². The zero-order valence-corrected chi connectivity index (χ0v) is 12.6. The lowest BCUT2D eigenvalue weighted by Crippen LogP contribution is -2.44. The summed E-state index contributed by atoms with van der Waals surface area (Å²) in [5.41, 5.74) is 0.680. The number of anilines is 1. The molecule has 21 heavy (non-hydrogen) atoms. The van der Waals surface area contributed by atoms with Gasteiger partial charge in [-0.3, -0.25) is 9.59 Å². The molecule has 6 nitrogen and oxygen atoms in total. The van der Waals surface area contributed by atoms with Crippen LogP contribution >= 0.6 is 23.1 Å². The van der Waals surface area contributed by atoms with Crippen molar-refractivity contribution in [3.05, 3.63) is 23.8 Å². The lowest BCUT2D eigenvalue weighted by Gasteiger charge is -2.13. The van der Waals surface area contributed by atoms with Crippen LogP contribution in [0.15, 0.2) is 28.2 Å². The highest BCUT2D eigenvalue weighted by Gasteiger charge is 2.24. The van der Waals surface area contributed by atoms with Gasteiger partial charge in [0.15, 0.2) is 10.9 Å². The minimum atomic E-state index is -0.513. The van der Waals surface area contributed by atoms with Crippen molar-refractivity contribution >= 4 is 40.0 Å². The van der Waals surface area contributed by atoms with E-state index in [4.69, 9.17) is 4.42 Å². The number of amides is 2. The van der Waals surface area contributed by atoms with Crippen molar-refractivity contribution in [3.63, 3.8) is 0 Å². The molecule has 8 heteroatoms. The Hall–Kier alpha value is -1.80. The summed E-state index contributed by atoms with van der Waals surface area (Å²) in [7, 11) is 0. The first-order chi connectivity index (χ1) is 10.2.